The summed E-state index contributed by atoms with van der Waals surface area (Å²) in [5.74, 6) is 0. The third kappa shape index (κ3) is 2.54. The summed E-state index contributed by atoms with van der Waals surface area (Å²) in [5, 5.41) is 0. The van der Waals surface area contributed by atoms with Crippen molar-refractivity contribution in [3.05, 3.63) is 29.3 Å². The smallest absolute Gasteiger partial charge is 0.0641 e. The number of hydrogen-bond acceptors (Lipinski definition) is 3. The highest BCUT2D eigenvalue weighted by Gasteiger charge is 2.12. The number of hydrogen-bond donors (Lipinski definition) is 1. The molecule has 0 unspecified atom stereocenters. The highest BCUT2D eigenvalue weighted by Crippen LogP contribution is 2.22. The normalized spacial score (nSPS) is 17.2. The second kappa shape index (κ2) is 5.32. The van der Waals surface area contributed by atoms with Crippen LogP contribution in [0.5, 0.6) is 0 Å². The summed E-state index contributed by atoms with van der Waals surface area (Å²) in [5.41, 5.74) is 9.60. The molecule has 1 heterocycles. The van der Waals surface area contributed by atoms with Crippen molar-refractivity contribution in [2.24, 2.45) is 5.73 Å². The largest absolute Gasteiger partial charge is 0.380 e. The van der Waals surface area contributed by atoms with Crippen LogP contribution in [0.1, 0.15) is 17.5 Å². The van der Waals surface area contributed by atoms with Crippen molar-refractivity contribution in [1.82, 2.24) is 0 Å². The molecule has 0 amide bonds. The van der Waals surface area contributed by atoms with Crippen LogP contribution in [0.3, 0.4) is 0 Å². The van der Waals surface area contributed by atoms with Crippen LogP contribution >= 0.6 is 0 Å². The SMILES string of the molecule is Cc1ccc(N2CCCOCC2)c(CN)c1. The fourth-order valence-electron chi connectivity index (χ4n) is 2.17. The van der Waals surface area contributed by atoms with E-state index in [2.05, 4.69) is 30.0 Å². The maximum absolute atomic E-state index is 5.81. The molecule has 1 aliphatic heterocycles. The lowest BCUT2D eigenvalue weighted by Crippen LogP contribution is -2.27. The first kappa shape index (κ1) is 11.4. The molecule has 3 heteroatoms. The van der Waals surface area contributed by atoms with E-state index >= 15 is 0 Å². The number of aryl methyl sites for hydroxylation is 1. The summed E-state index contributed by atoms with van der Waals surface area (Å²) in [6.45, 7) is 6.44. The second-order valence-corrected chi connectivity index (χ2v) is 4.29. The van der Waals surface area contributed by atoms with Crippen molar-refractivity contribution >= 4 is 5.69 Å². The highest BCUT2D eigenvalue weighted by molar-refractivity contribution is 5.55. The van der Waals surface area contributed by atoms with E-state index in [1.54, 1.807) is 0 Å². The van der Waals surface area contributed by atoms with Crippen LogP contribution in [0.4, 0.5) is 5.69 Å². The molecular formula is C13H20N2O. The number of nitrogens with two attached hydrogens (primary N) is 1. The molecule has 3 nitrogen and oxygen atoms in total. The molecule has 0 spiro atoms. The van der Waals surface area contributed by atoms with Crippen molar-refractivity contribution in [3.63, 3.8) is 0 Å². The van der Waals surface area contributed by atoms with Gasteiger partial charge in [-0.15, -0.1) is 0 Å². The molecule has 0 saturated carbocycles. The Bertz CT molecular complexity index is 344. The molecule has 0 aliphatic carbocycles. The zero-order valence-electron chi connectivity index (χ0n) is 9.91. The monoisotopic (exact) mass is 220 g/mol. The van der Waals surface area contributed by atoms with Gasteiger partial charge in [-0.25, -0.2) is 0 Å². The van der Waals surface area contributed by atoms with E-state index in [1.165, 1.54) is 16.8 Å². The first-order valence-corrected chi connectivity index (χ1v) is 5.93. The summed E-state index contributed by atoms with van der Waals surface area (Å²) in [7, 11) is 0. The third-order valence-corrected chi connectivity index (χ3v) is 3.02. The summed E-state index contributed by atoms with van der Waals surface area (Å²) in [6, 6.07) is 6.52. The molecule has 1 aromatic rings. The summed E-state index contributed by atoms with van der Waals surface area (Å²) < 4.78 is 5.47. The van der Waals surface area contributed by atoms with E-state index in [0.29, 0.717) is 6.54 Å². The Morgan fingerprint density at radius 1 is 1.31 bits per heavy atom. The second-order valence-electron chi connectivity index (χ2n) is 4.29. The fraction of sp³-hybridized carbons (Fsp3) is 0.538. The van der Waals surface area contributed by atoms with Crippen molar-refractivity contribution in [3.8, 4) is 0 Å². The van der Waals surface area contributed by atoms with Gasteiger partial charge < -0.3 is 15.4 Å². The molecule has 0 radical (unpaired) electrons. The van der Waals surface area contributed by atoms with E-state index in [4.69, 9.17) is 10.5 Å². The van der Waals surface area contributed by atoms with Crippen LogP contribution in [0.2, 0.25) is 0 Å². The predicted molar refractivity (Wildman–Crippen MR) is 66.7 cm³/mol. The van der Waals surface area contributed by atoms with Crippen LogP contribution in [0.15, 0.2) is 18.2 Å². The molecule has 88 valence electrons. The van der Waals surface area contributed by atoms with Gasteiger partial charge in [0.1, 0.15) is 0 Å². The Balaban J connectivity index is 2.23. The van der Waals surface area contributed by atoms with Crippen LogP contribution in [-0.4, -0.2) is 26.3 Å². The van der Waals surface area contributed by atoms with Crippen molar-refractivity contribution in [2.45, 2.75) is 19.9 Å². The van der Waals surface area contributed by atoms with Gasteiger partial charge in [0, 0.05) is 31.9 Å². The van der Waals surface area contributed by atoms with Crippen LogP contribution < -0.4 is 10.6 Å². The molecule has 2 rings (SSSR count). The Morgan fingerprint density at radius 3 is 3.00 bits per heavy atom. The van der Waals surface area contributed by atoms with Gasteiger partial charge in [0.2, 0.25) is 0 Å². The maximum atomic E-state index is 5.81. The average Bonchev–Trinajstić information content (AvgIpc) is 2.57. The van der Waals surface area contributed by atoms with E-state index in [1.807, 2.05) is 0 Å². The lowest BCUT2D eigenvalue weighted by molar-refractivity contribution is 0.152. The van der Waals surface area contributed by atoms with E-state index in [-0.39, 0.29) is 0 Å². The number of benzene rings is 1. The van der Waals surface area contributed by atoms with Crippen molar-refractivity contribution in [2.75, 3.05) is 31.2 Å². The standard InChI is InChI=1S/C13H20N2O/c1-11-3-4-13(12(9-11)10-14)15-5-2-7-16-8-6-15/h3-4,9H,2,5-8,10,14H2,1H3. The van der Waals surface area contributed by atoms with Gasteiger partial charge in [-0.2, -0.15) is 0 Å². The number of ether oxygens (including phenoxy) is 1. The molecule has 16 heavy (non-hydrogen) atoms. The predicted octanol–water partition coefficient (Wildman–Crippen LogP) is 1.68. The molecule has 1 fully saturated rings. The van der Waals surface area contributed by atoms with Gasteiger partial charge in [-0.3, -0.25) is 0 Å². The topological polar surface area (TPSA) is 38.5 Å². The van der Waals surface area contributed by atoms with Crippen LogP contribution in [0, 0.1) is 6.92 Å². The lowest BCUT2D eigenvalue weighted by Gasteiger charge is -2.24. The Kier molecular flexibility index (Phi) is 3.80. The minimum Gasteiger partial charge on any atom is -0.380 e. The minimum atomic E-state index is 0.606. The van der Waals surface area contributed by atoms with Crippen molar-refractivity contribution in [1.29, 1.82) is 0 Å². The van der Waals surface area contributed by atoms with E-state index < -0.39 is 0 Å². The zero-order valence-corrected chi connectivity index (χ0v) is 9.91. The first-order chi connectivity index (χ1) is 7.81. The highest BCUT2D eigenvalue weighted by atomic mass is 16.5. The molecule has 0 atom stereocenters. The van der Waals surface area contributed by atoms with Gasteiger partial charge in [0.15, 0.2) is 0 Å². The van der Waals surface area contributed by atoms with Crippen LogP contribution in [-0.2, 0) is 11.3 Å². The number of nitrogens with zero attached hydrogens (tertiary/aromatic N) is 1. The van der Waals surface area contributed by atoms with Gasteiger partial charge in [0.25, 0.3) is 0 Å². The van der Waals surface area contributed by atoms with Crippen LogP contribution in [0.25, 0.3) is 0 Å². The molecule has 0 bridgehead atoms. The summed E-state index contributed by atoms with van der Waals surface area (Å²) in [4.78, 5) is 2.38. The fourth-order valence-corrected chi connectivity index (χ4v) is 2.17. The lowest BCUT2D eigenvalue weighted by atomic mass is 10.1. The quantitative estimate of drug-likeness (QED) is 0.824. The maximum Gasteiger partial charge on any atom is 0.0641 e. The Labute approximate surface area is 97.2 Å². The molecule has 2 N–H and O–H groups in total. The molecule has 0 aromatic heterocycles. The number of rotatable bonds is 2. The molecule has 1 saturated heterocycles. The molecule has 1 aromatic carbocycles. The third-order valence-electron chi connectivity index (χ3n) is 3.02. The molecular weight excluding hydrogens is 200 g/mol. The first-order valence-electron chi connectivity index (χ1n) is 5.93. The Morgan fingerprint density at radius 2 is 2.19 bits per heavy atom. The van der Waals surface area contributed by atoms with Crippen molar-refractivity contribution < 1.29 is 4.74 Å². The van der Waals surface area contributed by atoms with Gasteiger partial charge in [-0.05, 0) is 25.0 Å². The molecule has 1 aliphatic rings. The zero-order chi connectivity index (χ0) is 11.4. The minimum absolute atomic E-state index is 0.606. The van der Waals surface area contributed by atoms with E-state index in [9.17, 15) is 0 Å². The van der Waals surface area contributed by atoms with E-state index in [0.717, 1.165) is 32.7 Å². The summed E-state index contributed by atoms with van der Waals surface area (Å²) in [6.07, 6.45) is 1.10. The van der Waals surface area contributed by atoms with Gasteiger partial charge >= 0.3 is 0 Å². The Hall–Kier alpha value is -1.06. The van der Waals surface area contributed by atoms with Gasteiger partial charge in [-0.1, -0.05) is 17.7 Å². The average molecular weight is 220 g/mol. The van der Waals surface area contributed by atoms with Gasteiger partial charge in [0.05, 0.1) is 6.61 Å². The number of anilines is 1. The summed E-state index contributed by atoms with van der Waals surface area (Å²) >= 11 is 0.